The van der Waals surface area contributed by atoms with Gasteiger partial charge in [0.15, 0.2) is 15.7 Å². The molecule has 0 bridgehead atoms. The number of nitrogens with one attached hydrogen (secondary N) is 1. The highest BCUT2D eigenvalue weighted by atomic mass is 32.1. The molecule has 1 N–H and O–H groups in total. The lowest BCUT2D eigenvalue weighted by Crippen LogP contribution is -2.05. The van der Waals surface area contributed by atoms with Crippen molar-refractivity contribution in [3.8, 4) is 0 Å². The summed E-state index contributed by atoms with van der Waals surface area (Å²) in [6.45, 7) is 0. The Bertz CT molecular complexity index is 1700. The second-order valence-corrected chi connectivity index (χ2v) is 10.2. The van der Waals surface area contributed by atoms with Crippen molar-refractivity contribution < 1.29 is 0 Å². The first-order chi connectivity index (χ1) is 14.6. The Morgan fingerprint density at radius 2 is 1.27 bits per heavy atom. The van der Waals surface area contributed by atoms with E-state index < -0.39 is 0 Å². The maximum atomic E-state index is 4.86. The number of fused-ring (bicyclic) bond motifs is 6. The molecule has 0 amide bonds. The monoisotopic (exact) mass is 421 g/mol. The predicted molar refractivity (Wildman–Crippen MR) is 138 cm³/mol. The van der Waals surface area contributed by atoms with Crippen molar-refractivity contribution >= 4 is 95.3 Å². The van der Waals surface area contributed by atoms with Gasteiger partial charge in [-0.2, -0.15) is 27.8 Å². The van der Waals surface area contributed by atoms with Gasteiger partial charge in [0, 0.05) is 48.8 Å². The van der Waals surface area contributed by atoms with E-state index in [9.17, 15) is 0 Å². The molecule has 0 saturated heterocycles. The molecular weight excluding hydrogens is 404 g/mol. The van der Waals surface area contributed by atoms with Crippen molar-refractivity contribution in [2.75, 3.05) is 12.5 Å². The number of anilines is 1. The van der Waals surface area contributed by atoms with Gasteiger partial charge in [0.2, 0.25) is 0 Å². The molecule has 3 nitrogen and oxygen atoms in total. The molecule has 30 heavy (non-hydrogen) atoms. The Balaban J connectivity index is 1.74. The summed E-state index contributed by atoms with van der Waals surface area (Å²) in [6.07, 6.45) is 0. The first-order valence-corrected chi connectivity index (χ1v) is 11.5. The summed E-state index contributed by atoms with van der Waals surface area (Å²) in [5.41, 5.74) is 4.25. The summed E-state index contributed by atoms with van der Waals surface area (Å²) in [6, 6.07) is 19.3. The second kappa shape index (κ2) is 6.56. The van der Waals surface area contributed by atoms with Crippen LogP contribution in [0, 0.1) is 0 Å². The van der Waals surface area contributed by atoms with Gasteiger partial charge in [-0.25, -0.2) is 0 Å². The molecule has 0 fully saturated rings. The quantitative estimate of drug-likeness (QED) is 0.338. The van der Waals surface area contributed by atoms with E-state index in [1.165, 1.54) is 51.3 Å². The van der Waals surface area contributed by atoms with Crippen molar-refractivity contribution in [2.45, 2.75) is 0 Å². The van der Waals surface area contributed by atoms with Crippen LogP contribution in [0.15, 0.2) is 64.7 Å². The van der Waals surface area contributed by atoms with Crippen molar-refractivity contribution in [1.82, 2.24) is 0 Å². The van der Waals surface area contributed by atoms with Crippen LogP contribution in [0.4, 0.5) is 5.69 Å². The normalized spacial score (nSPS) is 13.5. The first kappa shape index (κ1) is 17.9. The highest BCUT2D eigenvalue weighted by Gasteiger charge is 2.17. The minimum Gasteiger partial charge on any atom is -0.287 e. The molecule has 6 aromatic rings. The number of rotatable bonds is 2. The lowest BCUT2D eigenvalue weighted by Gasteiger charge is -1.99. The molecule has 2 aromatic heterocycles. The molecular formula is C23H17B2N3S2. The van der Waals surface area contributed by atoms with Gasteiger partial charge in [-0.3, -0.25) is 10.4 Å². The van der Waals surface area contributed by atoms with Crippen molar-refractivity contribution in [2.24, 2.45) is 10.1 Å². The number of hydrogen-bond donors (Lipinski definition) is 1. The average Bonchev–Trinajstić information content (AvgIpc) is 3.44. The van der Waals surface area contributed by atoms with Crippen molar-refractivity contribution in [1.29, 1.82) is 0 Å². The zero-order valence-corrected chi connectivity index (χ0v) is 18.5. The van der Waals surface area contributed by atoms with Crippen molar-refractivity contribution in [3.05, 3.63) is 65.3 Å². The molecule has 0 saturated carbocycles. The van der Waals surface area contributed by atoms with Gasteiger partial charge in [0.25, 0.3) is 0 Å². The molecule has 4 aromatic carbocycles. The Morgan fingerprint density at radius 3 is 1.87 bits per heavy atom. The molecule has 0 unspecified atom stereocenters. The van der Waals surface area contributed by atoms with E-state index in [0.29, 0.717) is 0 Å². The second-order valence-electron chi connectivity index (χ2n) is 7.65. The van der Waals surface area contributed by atoms with Gasteiger partial charge in [-0.05, 0) is 46.0 Å². The number of hydrogen-bond acceptors (Lipinski definition) is 5. The minimum atomic E-state index is 0.990. The summed E-state index contributed by atoms with van der Waals surface area (Å²) in [4.78, 5) is 4.65. The predicted octanol–water partition coefficient (Wildman–Crippen LogP) is 2.27. The zero-order valence-electron chi connectivity index (χ0n) is 16.9. The molecule has 7 heteroatoms. The smallest absolute Gasteiger partial charge is 0.152 e. The average molecular weight is 421 g/mol. The number of nitrogens with zero attached hydrogens (tertiary/aromatic N) is 2. The van der Waals surface area contributed by atoms with Gasteiger partial charge in [0.1, 0.15) is 0 Å². The van der Waals surface area contributed by atoms with E-state index in [-0.39, 0.29) is 0 Å². The third kappa shape index (κ3) is 2.52. The van der Waals surface area contributed by atoms with Gasteiger partial charge in [-0.1, -0.05) is 18.2 Å². The van der Waals surface area contributed by atoms with Gasteiger partial charge >= 0.3 is 0 Å². The number of benzene rings is 2. The van der Waals surface area contributed by atoms with Crippen LogP contribution in [0.1, 0.15) is 0 Å². The lowest BCUT2D eigenvalue weighted by molar-refractivity contribution is 1.26. The van der Waals surface area contributed by atoms with Crippen LogP contribution >= 0.6 is 22.7 Å². The fraction of sp³-hybridized carbons (Fsp3) is 0.0435. The van der Waals surface area contributed by atoms with Crippen LogP contribution in [0.2, 0.25) is 0 Å². The minimum absolute atomic E-state index is 0.990. The Labute approximate surface area is 182 Å². The number of thiophene rings is 2. The van der Waals surface area contributed by atoms with Crippen LogP contribution in [0.25, 0.3) is 41.7 Å². The molecule has 0 aliphatic carbocycles. The summed E-state index contributed by atoms with van der Waals surface area (Å²) >= 11 is 3.69. The Kier molecular flexibility index (Phi) is 3.92. The largest absolute Gasteiger partial charge is 0.287 e. The van der Waals surface area contributed by atoms with Gasteiger partial charge in [-0.15, -0.1) is 0 Å². The van der Waals surface area contributed by atoms with Crippen LogP contribution in [-0.2, 0) is 0 Å². The molecule has 0 radical (unpaired) electrons. The zero-order chi connectivity index (χ0) is 20.4. The summed E-state index contributed by atoms with van der Waals surface area (Å²) in [7, 11) is 6.23. The molecule has 6 rings (SSSR count). The van der Waals surface area contributed by atoms with E-state index in [1.54, 1.807) is 0 Å². The number of para-hydroxylation sites is 1. The Hall–Kier alpha value is -2.89. The summed E-state index contributed by atoms with van der Waals surface area (Å²) in [5.74, 6) is 0. The molecule has 0 atom stereocenters. The van der Waals surface area contributed by atoms with E-state index in [0.717, 1.165) is 16.4 Å². The lowest BCUT2D eigenvalue weighted by atomic mass is 10.1. The molecule has 142 valence electrons. The molecule has 0 aliphatic heterocycles. The fourth-order valence-corrected chi connectivity index (χ4v) is 6.52. The maximum absolute atomic E-state index is 4.86. The van der Waals surface area contributed by atoms with Crippen LogP contribution in [0.3, 0.4) is 0 Å². The highest BCUT2D eigenvalue weighted by Crippen LogP contribution is 2.34. The van der Waals surface area contributed by atoms with E-state index in [2.05, 4.69) is 50.4 Å². The standard InChI is InChI=1S/C23H17B2N3S2/c1-26-20-12-7-15-13(8-14(12)22-16(20)9-18(24)29-22)21(17-10-19(25)30-23(15)17)28-27-11-5-3-2-4-6-11/h2-10,27H,24-25H2,1H3/b26-20-,28-21-. The molecule has 0 spiro atoms. The van der Waals surface area contributed by atoms with Crippen molar-refractivity contribution in [3.63, 3.8) is 0 Å². The van der Waals surface area contributed by atoms with Gasteiger partial charge in [0.05, 0.1) is 16.4 Å². The Morgan fingerprint density at radius 1 is 0.700 bits per heavy atom. The fourth-order valence-electron chi connectivity index (χ4n) is 4.43. The SMILES string of the molecule is Bc1cc2/c(=N\C)c3cc4c(cc3c2s1)/c(=N/Nc1ccccc1)c1cc(B)sc14. The summed E-state index contributed by atoms with van der Waals surface area (Å²) < 4.78 is 5.26. The highest BCUT2D eigenvalue weighted by molar-refractivity contribution is 7.27. The summed E-state index contributed by atoms with van der Waals surface area (Å²) in [5, 5.41) is 14.5. The topological polar surface area (TPSA) is 36.8 Å². The third-order valence-electron chi connectivity index (χ3n) is 5.67. The van der Waals surface area contributed by atoms with Crippen LogP contribution < -0.4 is 25.7 Å². The van der Waals surface area contributed by atoms with Gasteiger partial charge < -0.3 is 0 Å². The van der Waals surface area contributed by atoms with E-state index in [1.807, 2.05) is 60.1 Å². The third-order valence-corrected chi connectivity index (χ3v) is 7.84. The van der Waals surface area contributed by atoms with E-state index in [4.69, 9.17) is 5.10 Å². The van der Waals surface area contributed by atoms with Crippen LogP contribution in [-0.4, -0.2) is 22.7 Å². The molecule has 2 heterocycles. The first-order valence-electron chi connectivity index (χ1n) is 9.90. The van der Waals surface area contributed by atoms with E-state index >= 15 is 0 Å². The van der Waals surface area contributed by atoms with Crippen LogP contribution in [0.5, 0.6) is 0 Å². The maximum Gasteiger partial charge on any atom is 0.152 e. The molecule has 0 aliphatic rings.